The second-order valence-corrected chi connectivity index (χ2v) is 8.45. The lowest BCUT2D eigenvalue weighted by atomic mass is 9.98. The van der Waals surface area contributed by atoms with E-state index < -0.39 is 0 Å². The SMILES string of the molecule is O=C(NCc1ccccc1CN1CCc2cc(O)c(O)cc2C1)c1cccc(Br)c1. The van der Waals surface area contributed by atoms with Gasteiger partial charge in [-0.05, 0) is 59.0 Å². The zero-order valence-electron chi connectivity index (χ0n) is 16.4. The Bertz CT molecular complexity index is 1080. The highest BCUT2D eigenvalue weighted by atomic mass is 79.9. The van der Waals surface area contributed by atoms with Gasteiger partial charge in [-0.3, -0.25) is 9.69 Å². The van der Waals surface area contributed by atoms with Crippen LogP contribution in [0, 0.1) is 0 Å². The first-order chi connectivity index (χ1) is 14.5. The number of hydrogen-bond donors (Lipinski definition) is 3. The van der Waals surface area contributed by atoms with Crippen molar-refractivity contribution >= 4 is 21.8 Å². The van der Waals surface area contributed by atoms with Gasteiger partial charge in [-0.15, -0.1) is 0 Å². The van der Waals surface area contributed by atoms with E-state index in [-0.39, 0.29) is 17.4 Å². The molecule has 1 aliphatic heterocycles. The van der Waals surface area contributed by atoms with Gasteiger partial charge < -0.3 is 15.5 Å². The first-order valence-electron chi connectivity index (χ1n) is 9.86. The highest BCUT2D eigenvalue weighted by molar-refractivity contribution is 9.10. The van der Waals surface area contributed by atoms with E-state index >= 15 is 0 Å². The lowest BCUT2D eigenvalue weighted by Crippen LogP contribution is -2.31. The number of nitrogens with zero attached hydrogens (tertiary/aromatic N) is 1. The Kier molecular flexibility index (Phi) is 6.06. The smallest absolute Gasteiger partial charge is 0.251 e. The minimum atomic E-state index is -0.103. The molecule has 0 saturated carbocycles. The molecule has 1 amide bonds. The van der Waals surface area contributed by atoms with Crippen LogP contribution in [-0.4, -0.2) is 27.6 Å². The number of hydrogen-bond acceptors (Lipinski definition) is 4. The van der Waals surface area contributed by atoms with Crippen molar-refractivity contribution in [3.8, 4) is 11.5 Å². The third kappa shape index (κ3) is 4.66. The van der Waals surface area contributed by atoms with Crippen molar-refractivity contribution in [1.82, 2.24) is 10.2 Å². The summed E-state index contributed by atoms with van der Waals surface area (Å²) in [7, 11) is 0. The van der Waals surface area contributed by atoms with Gasteiger partial charge >= 0.3 is 0 Å². The van der Waals surface area contributed by atoms with Gasteiger partial charge in [0.15, 0.2) is 11.5 Å². The molecule has 1 aliphatic rings. The van der Waals surface area contributed by atoms with Crippen molar-refractivity contribution < 1.29 is 15.0 Å². The van der Waals surface area contributed by atoms with Crippen LogP contribution >= 0.6 is 15.9 Å². The Morgan fingerprint density at radius 1 is 0.967 bits per heavy atom. The second kappa shape index (κ2) is 8.90. The molecule has 154 valence electrons. The van der Waals surface area contributed by atoms with Crippen LogP contribution in [-0.2, 0) is 26.1 Å². The topological polar surface area (TPSA) is 72.8 Å². The van der Waals surface area contributed by atoms with Gasteiger partial charge in [0, 0.05) is 36.2 Å². The van der Waals surface area contributed by atoms with Gasteiger partial charge in [0.2, 0.25) is 0 Å². The van der Waals surface area contributed by atoms with E-state index in [1.165, 1.54) is 5.56 Å². The normalized spacial score (nSPS) is 13.6. The van der Waals surface area contributed by atoms with Crippen molar-refractivity contribution in [2.75, 3.05) is 6.54 Å². The summed E-state index contributed by atoms with van der Waals surface area (Å²) in [5.74, 6) is -0.242. The Balaban J connectivity index is 1.43. The molecule has 30 heavy (non-hydrogen) atoms. The van der Waals surface area contributed by atoms with Crippen LogP contribution in [0.4, 0.5) is 0 Å². The number of benzene rings is 3. The summed E-state index contributed by atoms with van der Waals surface area (Å²) in [6.07, 6.45) is 0.824. The van der Waals surface area contributed by atoms with Gasteiger partial charge in [-0.2, -0.15) is 0 Å². The van der Waals surface area contributed by atoms with Gasteiger partial charge in [0.25, 0.3) is 5.91 Å². The number of phenols is 2. The summed E-state index contributed by atoms with van der Waals surface area (Å²) in [6.45, 7) is 2.79. The maximum atomic E-state index is 12.5. The number of fused-ring (bicyclic) bond motifs is 1. The molecule has 3 aromatic rings. The first-order valence-corrected chi connectivity index (χ1v) is 10.7. The summed E-state index contributed by atoms with van der Waals surface area (Å²) in [5.41, 5.74) is 4.99. The Hall–Kier alpha value is -2.83. The molecular formula is C24H23BrN2O3. The molecule has 0 atom stereocenters. The number of carbonyl (C=O) groups excluding carboxylic acids is 1. The zero-order valence-corrected chi connectivity index (χ0v) is 18.0. The van der Waals surface area contributed by atoms with Crippen LogP contribution in [0.1, 0.15) is 32.6 Å². The molecule has 0 unspecified atom stereocenters. The molecule has 1 heterocycles. The predicted octanol–water partition coefficient (Wildman–Crippen LogP) is 4.35. The molecule has 0 radical (unpaired) electrons. The molecule has 0 bridgehead atoms. The highest BCUT2D eigenvalue weighted by Gasteiger charge is 2.19. The van der Waals surface area contributed by atoms with Gasteiger partial charge in [0.05, 0.1) is 0 Å². The van der Waals surface area contributed by atoms with E-state index in [9.17, 15) is 15.0 Å². The van der Waals surface area contributed by atoms with Crippen molar-refractivity contribution in [1.29, 1.82) is 0 Å². The van der Waals surface area contributed by atoms with Gasteiger partial charge in [0.1, 0.15) is 0 Å². The Labute approximate surface area is 184 Å². The van der Waals surface area contributed by atoms with Gasteiger partial charge in [-0.25, -0.2) is 0 Å². The molecule has 0 saturated heterocycles. The molecule has 5 nitrogen and oxygen atoms in total. The highest BCUT2D eigenvalue weighted by Crippen LogP contribution is 2.32. The standard InChI is InChI=1S/C24H23BrN2O3/c25-21-7-3-6-17(10-21)24(30)26-13-18-4-1-2-5-19(18)14-27-9-8-16-11-22(28)23(29)12-20(16)15-27/h1-7,10-12,28-29H,8-9,13-15H2,(H,26,30). The van der Waals surface area contributed by atoms with E-state index in [2.05, 4.69) is 32.2 Å². The molecule has 0 aromatic heterocycles. The van der Waals surface area contributed by atoms with Crippen molar-refractivity contribution in [2.24, 2.45) is 0 Å². The van der Waals surface area contributed by atoms with E-state index in [4.69, 9.17) is 0 Å². The number of phenolic OH excluding ortho intramolecular Hbond substituents is 2. The van der Waals surface area contributed by atoms with Gasteiger partial charge in [-0.1, -0.05) is 46.3 Å². The van der Waals surface area contributed by atoms with Crippen molar-refractivity contribution in [2.45, 2.75) is 26.1 Å². The lowest BCUT2D eigenvalue weighted by molar-refractivity contribution is 0.0950. The summed E-state index contributed by atoms with van der Waals surface area (Å²) in [5, 5.41) is 22.5. The molecule has 0 spiro atoms. The Morgan fingerprint density at radius 2 is 1.70 bits per heavy atom. The van der Waals surface area contributed by atoms with Crippen molar-refractivity contribution in [3.05, 3.63) is 93.0 Å². The number of halogens is 1. The van der Waals surface area contributed by atoms with E-state index in [1.807, 2.05) is 30.3 Å². The zero-order chi connectivity index (χ0) is 21.1. The summed E-state index contributed by atoms with van der Waals surface area (Å²) >= 11 is 3.40. The summed E-state index contributed by atoms with van der Waals surface area (Å²) < 4.78 is 0.875. The van der Waals surface area contributed by atoms with E-state index in [0.717, 1.165) is 40.7 Å². The van der Waals surface area contributed by atoms with Crippen LogP contribution in [0.2, 0.25) is 0 Å². The van der Waals surface area contributed by atoms with Crippen LogP contribution < -0.4 is 5.32 Å². The molecule has 3 aromatic carbocycles. The minimum Gasteiger partial charge on any atom is -0.504 e. The number of aromatic hydroxyl groups is 2. The van der Waals surface area contributed by atoms with Crippen LogP contribution in [0.5, 0.6) is 11.5 Å². The largest absolute Gasteiger partial charge is 0.504 e. The van der Waals surface area contributed by atoms with Crippen LogP contribution in [0.25, 0.3) is 0 Å². The third-order valence-corrected chi connectivity index (χ3v) is 5.92. The third-order valence-electron chi connectivity index (χ3n) is 5.43. The maximum Gasteiger partial charge on any atom is 0.251 e. The maximum absolute atomic E-state index is 12.5. The second-order valence-electron chi connectivity index (χ2n) is 7.53. The minimum absolute atomic E-state index is 0.0614. The molecule has 3 N–H and O–H groups in total. The molecule has 6 heteroatoms. The summed E-state index contributed by atoms with van der Waals surface area (Å²) in [4.78, 5) is 14.8. The number of amides is 1. The Morgan fingerprint density at radius 3 is 2.47 bits per heavy atom. The fraction of sp³-hybridized carbons (Fsp3) is 0.208. The van der Waals surface area contributed by atoms with Crippen molar-refractivity contribution in [3.63, 3.8) is 0 Å². The van der Waals surface area contributed by atoms with E-state index in [0.29, 0.717) is 18.7 Å². The fourth-order valence-electron chi connectivity index (χ4n) is 3.81. The number of rotatable bonds is 5. The first kappa shape index (κ1) is 20.4. The quantitative estimate of drug-likeness (QED) is 0.488. The van der Waals surface area contributed by atoms with E-state index in [1.54, 1.807) is 24.3 Å². The fourth-order valence-corrected chi connectivity index (χ4v) is 4.21. The average Bonchev–Trinajstić information content (AvgIpc) is 2.74. The number of carbonyl (C=O) groups is 1. The monoisotopic (exact) mass is 466 g/mol. The molecular weight excluding hydrogens is 444 g/mol. The van der Waals surface area contributed by atoms with Crippen LogP contribution in [0.15, 0.2) is 65.1 Å². The number of nitrogens with one attached hydrogen (secondary N) is 1. The molecule has 0 fully saturated rings. The molecule has 0 aliphatic carbocycles. The average molecular weight is 467 g/mol. The predicted molar refractivity (Wildman–Crippen MR) is 119 cm³/mol. The molecule has 4 rings (SSSR count). The van der Waals surface area contributed by atoms with Crippen LogP contribution in [0.3, 0.4) is 0 Å². The lowest BCUT2D eigenvalue weighted by Gasteiger charge is -2.29. The summed E-state index contributed by atoms with van der Waals surface area (Å²) in [6, 6.07) is 18.8.